The molecule has 0 aliphatic carbocycles. The van der Waals surface area contributed by atoms with E-state index >= 15 is 0 Å². The van der Waals surface area contributed by atoms with E-state index in [4.69, 9.17) is 9.15 Å². The second-order valence-electron chi connectivity index (χ2n) is 7.12. The zero-order chi connectivity index (χ0) is 23.4. The number of nitrogens with one attached hydrogen (secondary N) is 1. The molecule has 1 heterocycles. The number of hydrogen-bond donors (Lipinski definition) is 1. The number of aromatic nitrogens is 2. The van der Waals surface area contributed by atoms with Crippen LogP contribution < -0.4 is 10.1 Å². The third kappa shape index (κ3) is 5.08. The molecule has 0 aliphatic heterocycles. The maximum atomic E-state index is 12.5. The van der Waals surface area contributed by atoms with E-state index in [9.17, 15) is 13.2 Å². The summed E-state index contributed by atoms with van der Waals surface area (Å²) in [7, 11) is -0.621. The van der Waals surface area contributed by atoms with Gasteiger partial charge in [-0.05, 0) is 60.7 Å². The van der Waals surface area contributed by atoms with Gasteiger partial charge >= 0.3 is 6.01 Å². The Morgan fingerprint density at radius 1 is 0.879 bits per heavy atom. The van der Waals surface area contributed by atoms with Gasteiger partial charge in [0.05, 0.1) is 4.90 Å². The number of anilines is 1. The van der Waals surface area contributed by atoms with Crippen LogP contribution in [0.5, 0.6) is 11.5 Å². The van der Waals surface area contributed by atoms with Crippen molar-refractivity contribution in [3.8, 4) is 23.0 Å². The van der Waals surface area contributed by atoms with Crippen molar-refractivity contribution in [3.05, 3.63) is 84.4 Å². The third-order valence-corrected chi connectivity index (χ3v) is 6.45. The van der Waals surface area contributed by atoms with E-state index in [1.165, 1.54) is 26.2 Å². The Balaban J connectivity index is 1.41. The van der Waals surface area contributed by atoms with Crippen LogP contribution >= 0.6 is 0 Å². The molecule has 0 saturated heterocycles. The first kappa shape index (κ1) is 22.2. The van der Waals surface area contributed by atoms with E-state index in [0.717, 1.165) is 4.31 Å². The van der Waals surface area contributed by atoms with Gasteiger partial charge in [0.25, 0.3) is 5.91 Å². The van der Waals surface area contributed by atoms with E-state index in [-0.39, 0.29) is 16.8 Å². The molecule has 0 spiro atoms. The van der Waals surface area contributed by atoms with Crippen LogP contribution in [-0.2, 0) is 10.0 Å². The molecule has 0 bridgehead atoms. The Morgan fingerprint density at radius 3 is 2.15 bits per heavy atom. The van der Waals surface area contributed by atoms with Gasteiger partial charge in [0.1, 0.15) is 11.5 Å². The van der Waals surface area contributed by atoms with Gasteiger partial charge in [0, 0.05) is 25.2 Å². The molecule has 1 amide bonds. The average Bonchev–Trinajstić information content (AvgIpc) is 3.28. The largest absolute Gasteiger partial charge is 0.457 e. The van der Waals surface area contributed by atoms with Gasteiger partial charge < -0.3 is 9.15 Å². The van der Waals surface area contributed by atoms with Gasteiger partial charge in [-0.3, -0.25) is 10.1 Å². The number of carbonyl (C=O) groups excluding carboxylic acids is 1. The average molecular weight is 465 g/mol. The minimum atomic E-state index is -3.54. The van der Waals surface area contributed by atoms with E-state index in [0.29, 0.717) is 22.6 Å². The molecule has 9 nitrogen and oxygen atoms in total. The smallest absolute Gasteiger partial charge is 0.322 e. The Morgan fingerprint density at radius 2 is 1.52 bits per heavy atom. The van der Waals surface area contributed by atoms with Crippen molar-refractivity contribution in [2.75, 3.05) is 19.4 Å². The van der Waals surface area contributed by atoms with Gasteiger partial charge in [0.15, 0.2) is 0 Å². The fraction of sp³-hybridized carbons (Fsp3) is 0.0870. The molecule has 0 unspecified atom stereocenters. The molecular formula is C23H20N4O5S. The van der Waals surface area contributed by atoms with Gasteiger partial charge in [-0.25, -0.2) is 12.7 Å². The van der Waals surface area contributed by atoms with Crippen molar-refractivity contribution < 1.29 is 22.4 Å². The summed E-state index contributed by atoms with van der Waals surface area (Å²) < 4.78 is 36.7. The quantitative estimate of drug-likeness (QED) is 0.439. The van der Waals surface area contributed by atoms with Crippen molar-refractivity contribution in [1.29, 1.82) is 0 Å². The molecule has 168 valence electrons. The summed E-state index contributed by atoms with van der Waals surface area (Å²) in [5.74, 6) is 1.01. The van der Waals surface area contributed by atoms with Crippen LogP contribution in [0.15, 0.2) is 88.2 Å². The standard InChI is InChI=1S/C23H20N4O5S/c1-27(2)33(29,30)20-14-10-17(11-15-20)22-25-26-23(32-22)24-21(28)16-8-12-19(13-9-16)31-18-6-4-3-5-7-18/h3-15H,1-2H3,(H,24,26,28). The Kier molecular flexibility index (Phi) is 6.20. The van der Waals surface area contributed by atoms with Crippen molar-refractivity contribution in [3.63, 3.8) is 0 Å². The fourth-order valence-corrected chi connectivity index (χ4v) is 3.74. The molecule has 1 N–H and O–H groups in total. The van der Waals surface area contributed by atoms with Crippen LogP contribution in [0.4, 0.5) is 6.01 Å². The summed E-state index contributed by atoms with van der Waals surface area (Å²) in [6.45, 7) is 0. The van der Waals surface area contributed by atoms with Gasteiger partial charge in [-0.1, -0.05) is 23.3 Å². The summed E-state index contributed by atoms with van der Waals surface area (Å²) in [6.07, 6.45) is 0. The highest BCUT2D eigenvalue weighted by Crippen LogP contribution is 2.24. The highest BCUT2D eigenvalue weighted by Gasteiger charge is 2.18. The molecule has 0 atom stereocenters. The van der Waals surface area contributed by atoms with E-state index in [2.05, 4.69) is 15.5 Å². The second-order valence-corrected chi connectivity index (χ2v) is 9.27. The number of rotatable bonds is 7. The molecule has 0 saturated carbocycles. The maximum absolute atomic E-state index is 12.5. The number of amides is 1. The van der Waals surface area contributed by atoms with Crippen molar-refractivity contribution in [2.24, 2.45) is 0 Å². The molecule has 10 heteroatoms. The van der Waals surface area contributed by atoms with Gasteiger partial charge in [-0.2, -0.15) is 0 Å². The summed E-state index contributed by atoms with van der Waals surface area (Å²) >= 11 is 0. The zero-order valence-electron chi connectivity index (χ0n) is 17.8. The summed E-state index contributed by atoms with van der Waals surface area (Å²) in [5.41, 5.74) is 0.900. The van der Waals surface area contributed by atoms with Crippen LogP contribution in [0, 0.1) is 0 Å². The van der Waals surface area contributed by atoms with Crippen LogP contribution in [0.3, 0.4) is 0 Å². The van der Waals surface area contributed by atoms with E-state index in [1.807, 2.05) is 30.3 Å². The molecular weight excluding hydrogens is 444 g/mol. The van der Waals surface area contributed by atoms with Gasteiger partial charge in [0.2, 0.25) is 15.9 Å². The molecule has 0 aliphatic rings. The van der Waals surface area contributed by atoms with Crippen LogP contribution in [0.25, 0.3) is 11.5 Å². The molecule has 0 fully saturated rings. The molecule has 1 aromatic heterocycles. The van der Waals surface area contributed by atoms with Crippen molar-refractivity contribution in [1.82, 2.24) is 14.5 Å². The van der Waals surface area contributed by atoms with Crippen LogP contribution in [-0.4, -0.2) is 42.9 Å². The predicted molar refractivity (Wildman–Crippen MR) is 122 cm³/mol. The number of carbonyl (C=O) groups is 1. The topological polar surface area (TPSA) is 115 Å². The molecule has 4 rings (SSSR count). The van der Waals surface area contributed by atoms with E-state index < -0.39 is 15.9 Å². The highest BCUT2D eigenvalue weighted by molar-refractivity contribution is 7.89. The van der Waals surface area contributed by atoms with Crippen molar-refractivity contribution >= 4 is 21.9 Å². The number of para-hydroxylation sites is 1. The normalized spacial score (nSPS) is 11.4. The Hall–Kier alpha value is -4.02. The first-order valence-corrected chi connectivity index (χ1v) is 11.3. The number of benzene rings is 3. The minimum absolute atomic E-state index is 0.0791. The Labute approximate surface area is 190 Å². The molecule has 3 aromatic carbocycles. The van der Waals surface area contributed by atoms with Gasteiger partial charge in [-0.15, -0.1) is 5.10 Å². The first-order valence-electron chi connectivity index (χ1n) is 9.84. The third-order valence-electron chi connectivity index (χ3n) is 4.62. The monoisotopic (exact) mass is 464 g/mol. The first-order chi connectivity index (χ1) is 15.8. The summed E-state index contributed by atoms with van der Waals surface area (Å²) in [4.78, 5) is 12.6. The van der Waals surface area contributed by atoms with Crippen molar-refractivity contribution in [2.45, 2.75) is 4.90 Å². The molecule has 4 aromatic rings. The number of ether oxygens (including phenoxy) is 1. The minimum Gasteiger partial charge on any atom is -0.457 e. The summed E-state index contributed by atoms with van der Waals surface area (Å²) in [6, 6.07) is 21.9. The lowest BCUT2D eigenvalue weighted by Gasteiger charge is -2.11. The number of sulfonamides is 1. The maximum Gasteiger partial charge on any atom is 0.322 e. The number of hydrogen-bond acceptors (Lipinski definition) is 7. The van der Waals surface area contributed by atoms with Crippen LogP contribution in [0.2, 0.25) is 0 Å². The predicted octanol–water partition coefficient (Wildman–Crippen LogP) is 4.03. The highest BCUT2D eigenvalue weighted by atomic mass is 32.2. The van der Waals surface area contributed by atoms with Crippen LogP contribution in [0.1, 0.15) is 10.4 Å². The molecule has 33 heavy (non-hydrogen) atoms. The lowest BCUT2D eigenvalue weighted by molar-refractivity contribution is 0.102. The lowest BCUT2D eigenvalue weighted by Crippen LogP contribution is -2.22. The SMILES string of the molecule is CN(C)S(=O)(=O)c1ccc(-c2nnc(NC(=O)c3ccc(Oc4ccccc4)cc3)o2)cc1. The summed E-state index contributed by atoms with van der Waals surface area (Å²) in [5, 5.41) is 10.3. The lowest BCUT2D eigenvalue weighted by atomic mass is 10.2. The zero-order valence-corrected chi connectivity index (χ0v) is 18.6. The number of nitrogens with zero attached hydrogens (tertiary/aromatic N) is 3. The van der Waals surface area contributed by atoms with E-state index in [1.54, 1.807) is 36.4 Å². The Bertz CT molecular complexity index is 1350. The molecule has 0 radical (unpaired) electrons. The fourth-order valence-electron chi connectivity index (χ4n) is 2.84. The second kappa shape index (κ2) is 9.23.